The van der Waals surface area contributed by atoms with Gasteiger partial charge in [0.25, 0.3) is 5.91 Å². The van der Waals surface area contributed by atoms with Crippen molar-refractivity contribution < 1.29 is 9.53 Å². The second kappa shape index (κ2) is 9.42. The minimum absolute atomic E-state index is 0.0563. The molecule has 1 saturated heterocycles. The predicted molar refractivity (Wildman–Crippen MR) is 140 cm³/mol. The average molecular weight is 474 g/mol. The second-order valence-corrected chi connectivity index (χ2v) is 8.83. The first-order valence-corrected chi connectivity index (χ1v) is 11.9. The molecule has 2 aliphatic heterocycles. The Bertz CT molecular complexity index is 1240. The highest BCUT2D eigenvalue weighted by molar-refractivity contribution is 6.13. The van der Waals surface area contributed by atoms with Crippen molar-refractivity contribution >= 4 is 40.4 Å². The maximum absolute atomic E-state index is 13.2. The van der Waals surface area contributed by atoms with Gasteiger partial charge >= 0.3 is 0 Å². The maximum atomic E-state index is 13.2. The molecule has 0 radical (unpaired) electrons. The van der Waals surface area contributed by atoms with E-state index in [0.717, 1.165) is 49.0 Å². The van der Waals surface area contributed by atoms with Crippen LogP contribution in [0, 0.1) is 0 Å². The molecule has 3 aromatic rings. The molecular formula is C26H31N7O2. The molecule has 1 fully saturated rings. The molecule has 0 unspecified atom stereocenters. The number of rotatable bonds is 5. The van der Waals surface area contributed by atoms with Crippen molar-refractivity contribution in [3.8, 4) is 5.75 Å². The van der Waals surface area contributed by atoms with Crippen LogP contribution >= 0.6 is 0 Å². The molecule has 0 atom stereocenters. The number of likely N-dealkylation sites (N-methyl/N-ethyl adjacent to an activating group) is 1. The zero-order valence-corrected chi connectivity index (χ0v) is 20.7. The van der Waals surface area contributed by atoms with Crippen molar-refractivity contribution in [3.05, 3.63) is 54.2 Å². The Morgan fingerprint density at radius 2 is 1.80 bits per heavy atom. The number of carbonyl (C=O) groups excluding carboxylic acids is 1. The van der Waals surface area contributed by atoms with E-state index in [1.165, 1.54) is 0 Å². The summed E-state index contributed by atoms with van der Waals surface area (Å²) >= 11 is 0. The van der Waals surface area contributed by atoms with Crippen LogP contribution in [0.3, 0.4) is 0 Å². The fourth-order valence-corrected chi connectivity index (χ4v) is 4.66. The van der Waals surface area contributed by atoms with Gasteiger partial charge in [0.15, 0.2) is 5.82 Å². The molecule has 0 bridgehead atoms. The number of aromatic nitrogens is 2. The number of amides is 1. The number of benzene rings is 2. The molecule has 9 nitrogen and oxygen atoms in total. The van der Waals surface area contributed by atoms with E-state index in [9.17, 15) is 4.79 Å². The molecule has 1 amide bonds. The van der Waals surface area contributed by atoms with E-state index in [1.54, 1.807) is 18.2 Å². The highest BCUT2D eigenvalue weighted by Crippen LogP contribution is 2.39. The zero-order valence-electron chi connectivity index (χ0n) is 20.7. The zero-order chi connectivity index (χ0) is 24.5. The van der Waals surface area contributed by atoms with E-state index in [4.69, 9.17) is 9.72 Å². The number of hydrogen-bond donors (Lipinski definition) is 1. The number of nitrogens with zero attached hydrogens (tertiary/aromatic N) is 6. The first kappa shape index (κ1) is 22.9. The van der Waals surface area contributed by atoms with Crippen molar-refractivity contribution in [1.29, 1.82) is 0 Å². The number of carbonyl (C=O) groups is 1. The van der Waals surface area contributed by atoms with Crippen LogP contribution < -0.4 is 24.8 Å². The van der Waals surface area contributed by atoms with Crippen LogP contribution in [0.4, 0.5) is 34.5 Å². The summed E-state index contributed by atoms with van der Waals surface area (Å²) in [6.45, 7) is 6.53. The molecule has 1 N–H and O–H groups in total. The molecule has 0 aliphatic carbocycles. The number of hydrogen-bond acceptors (Lipinski definition) is 8. The summed E-state index contributed by atoms with van der Waals surface area (Å²) in [5.41, 5.74) is 4.06. The Hall–Kier alpha value is -3.85. The first-order valence-electron chi connectivity index (χ1n) is 11.9. The quantitative estimate of drug-likeness (QED) is 0.601. The van der Waals surface area contributed by atoms with E-state index in [1.807, 2.05) is 49.2 Å². The van der Waals surface area contributed by atoms with Crippen LogP contribution in [0.1, 0.15) is 17.3 Å². The number of nitrogens with one attached hydrogen (secondary N) is 1. The minimum atomic E-state index is -0.0563. The van der Waals surface area contributed by atoms with Crippen LogP contribution in [0.15, 0.2) is 48.7 Å². The van der Waals surface area contributed by atoms with Crippen molar-refractivity contribution in [3.63, 3.8) is 0 Å². The van der Waals surface area contributed by atoms with Gasteiger partial charge in [0.2, 0.25) is 5.95 Å². The standard InChI is InChI=1S/C26H31N7O2/c1-5-33-22-17-27-26(29-24(22)31(3)21-9-7-6-8-19(21)25(33)34)28-20-11-10-18(16-23(20)35-4)32-14-12-30(2)13-15-32/h6-11,16-17H,5,12-15H2,1-4H3,(H,27,28,29). The summed E-state index contributed by atoms with van der Waals surface area (Å²) in [6, 6.07) is 13.7. The third kappa shape index (κ3) is 4.23. The lowest BCUT2D eigenvalue weighted by atomic mass is 10.1. The normalized spacial score (nSPS) is 16.0. The molecule has 0 spiro atoms. The molecule has 182 valence electrons. The number of para-hydroxylation sites is 1. The van der Waals surface area contributed by atoms with Crippen LogP contribution in [0.2, 0.25) is 0 Å². The summed E-state index contributed by atoms with van der Waals surface area (Å²) in [4.78, 5) is 30.9. The van der Waals surface area contributed by atoms with Crippen LogP contribution in [-0.4, -0.2) is 74.7 Å². The molecule has 2 aliphatic rings. The fourth-order valence-electron chi connectivity index (χ4n) is 4.66. The van der Waals surface area contributed by atoms with Gasteiger partial charge in [0.05, 0.1) is 30.2 Å². The van der Waals surface area contributed by atoms with Crippen molar-refractivity contribution in [1.82, 2.24) is 14.9 Å². The van der Waals surface area contributed by atoms with E-state index in [0.29, 0.717) is 29.6 Å². The van der Waals surface area contributed by atoms with E-state index in [2.05, 4.69) is 39.3 Å². The Balaban J connectivity index is 1.47. The van der Waals surface area contributed by atoms with Gasteiger partial charge in [-0.15, -0.1) is 0 Å². The number of methoxy groups -OCH3 is 1. The number of ether oxygens (including phenoxy) is 1. The third-order valence-electron chi connectivity index (χ3n) is 6.72. The molecule has 3 heterocycles. The van der Waals surface area contributed by atoms with Crippen molar-refractivity contribution in [2.24, 2.45) is 0 Å². The molecule has 2 aromatic carbocycles. The SMILES string of the molecule is CCN1C(=O)c2ccccc2N(C)c2nc(Nc3ccc(N4CCN(C)CC4)cc3OC)ncc21. The molecule has 5 rings (SSSR count). The molecule has 35 heavy (non-hydrogen) atoms. The molecular weight excluding hydrogens is 442 g/mol. The van der Waals surface area contributed by atoms with Gasteiger partial charge in [0, 0.05) is 51.5 Å². The van der Waals surface area contributed by atoms with Gasteiger partial charge in [-0.3, -0.25) is 4.79 Å². The lowest BCUT2D eigenvalue weighted by Crippen LogP contribution is -2.44. The van der Waals surface area contributed by atoms with Crippen LogP contribution in [0.5, 0.6) is 5.75 Å². The van der Waals surface area contributed by atoms with Gasteiger partial charge in [-0.25, -0.2) is 4.98 Å². The van der Waals surface area contributed by atoms with Gasteiger partial charge < -0.3 is 29.7 Å². The van der Waals surface area contributed by atoms with Crippen molar-refractivity contribution in [2.75, 3.05) is 73.9 Å². The number of piperazine rings is 1. The highest BCUT2D eigenvalue weighted by atomic mass is 16.5. The Morgan fingerprint density at radius 1 is 1.03 bits per heavy atom. The maximum Gasteiger partial charge on any atom is 0.260 e. The average Bonchev–Trinajstić information content (AvgIpc) is 2.98. The Labute approximate surface area is 205 Å². The van der Waals surface area contributed by atoms with Gasteiger partial charge in [0.1, 0.15) is 11.4 Å². The highest BCUT2D eigenvalue weighted by Gasteiger charge is 2.30. The lowest BCUT2D eigenvalue weighted by molar-refractivity contribution is 0.0989. The van der Waals surface area contributed by atoms with Crippen molar-refractivity contribution in [2.45, 2.75) is 6.92 Å². The summed E-state index contributed by atoms with van der Waals surface area (Å²) in [5, 5.41) is 3.32. The predicted octanol–water partition coefficient (Wildman–Crippen LogP) is 3.73. The Morgan fingerprint density at radius 3 is 2.54 bits per heavy atom. The monoisotopic (exact) mass is 473 g/mol. The third-order valence-corrected chi connectivity index (χ3v) is 6.72. The fraction of sp³-hybridized carbons (Fsp3) is 0.346. The van der Waals surface area contributed by atoms with Crippen LogP contribution in [-0.2, 0) is 0 Å². The molecule has 9 heteroatoms. The summed E-state index contributed by atoms with van der Waals surface area (Å²) in [6.07, 6.45) is 1.71. The van der Waals surface area contributed by atoms with E-state index >= 15 is 0 Å². The largest absolute Gasteiger partial charge is 0.494 e. The first-order chi connectivity index (χ1) is 17.0. The number of fused-ring (bicyclic) bond motifs is 2. The lowest BCUT2D eigenvalue weighted by Gasteiger charge is -2.34. The topological polar surface area (TPSA) is 77.1 Å². The molecule has 0 saturated carbocycles. The van der Waals surface area contributed by atoms with Gasteiger partial charge in [-0.05, 0) is 38.2 Å². The minimum Gasteiger partial charge on any atom is -0.494 e. The van der Waals surface area contributed by atoms with E-state index < -0.39 is 0 Å². The van der Waals surface area contributed by atoms with Crippen LogP contribution in [0.25, 0.3) is 0 Å². The number of anilines is 6. The summed E-state index contributed by atoms with van der Waals surface area (Å²) in [7, 11) is 5.74. The second-order valence-electron chi connectivity index (χ2n) is 8.83. The smallest absolute Gasteiger partial charge is 0.260 e. The summed E-state index contributed by atoms with van der Waals surface area (Å²) in [5.74, 6) is 1.77. The summed E-state index contributed by atoms with van der Waals surface area (Å²) < 4.78 is 5.70. The van der Waals surface area contributed by atoms with E-state index in [-0.39, 0.29) is 5.91 Å². The van der Waals surface area contributed by atoms with Gasteiger partial charge in [-0.2, -0.15) is 4.98 Å². The molecule has 1 aromatic heterocycles. The van der Waals surface area contributed by atoms with Gasteiger partial charge in [-0.1, -0.05) is 12.1 Å². The Kier molecular flexibility index (Phi) is 6.17.